The van der Waals surface area contributed by atoms with Gasteiger partial charge in [0.25, 0.3) is 17.7 Å². The standard InChI is InChI=1S/C26H28N6O6/c1-26(2,3)38-25(36)17-5-4-8-32(17)24(35)15-11-27-21-20(15)29-13-30-22(21)23(34)28-10-14-6-7-18-16(9-14)31-19(33)12-37-18/h6-7,9,11,13,17,27H,4-5,8,10,12H2,1-3H3,(H,28,34)(H,31,33)/t17-/m0/s1. The first-order valence-corrected chi connectivity index (χ1v) is 12.3. The summed E-state index contributed by atoms with van der Waals surface area (Å²) < 4.78 is 10.9. The van der Waals surface area contributed by atoms with Gasteiger partial charge in [-0.2, -0.15) is 0 Å². The number of likely N-dealkylation sites (tertiary alicyclic amines) is 1. The van der Waals surface area contributed by atoms with E-state index in [1.54, 1.807) is 39.0 Å². The van der Waals surface area contributed by atoms with E-state index < -0.39 is 23.5 Å². The molecule has 5 rings (SSSR count). The van der Waals surface area contributed by atoms with Crippen LogP contribution in [0.15, 0.2) is 30.7 Å². The van der Waals surface area contributed by atoms with E-state index in [2.05, 4.69) is 25.6 Å². The van der Waals surface area contributed by atoms with Gasteiger partial charge in [0.2, 0.25) is 0 Å². The van der Waals surface area contributed by atoms with Crippen LogP contribution in [0.1, 0.15) is 60.0 Å². The largest absolute Gasteiger partial charge is 0.482 e. The zero-order chi connectivity index (χ0) is 27.0. The summed E-state index contributed by atoms with van der Waals surface area (Å²) in [6, 6.07) is 4.56. The molecule has 2 aromatic heterocycles. The van der Waals surface area contributed by atoms with Gasteiger partial charge in [0.05, 0.1) is 16.8 Å². The Kier molecular flexibility index (Phi) is 6.47. The molecular formula is C26H28N6O6. The lowest BCUT2D eigenvalue weighted by atomic mass is 10.1. The SMILES string of the molecule is CC(C)(C)OC(=O)[C@@H]1CCCN1C(=O)c1c[nH]c2c(C(=O)NCc3ccc4c(c3)NC(=O)CO4)ncnc12. The molecule has 4 heterocycles. The van der Waals surface area contributed by atoms with Crippen molar-refractivity contribution in [1.29, 1.82) is 0 Å². The molecule has 3 N–H and O–H groups in total. The third-order valence-electron chi connectivity index (χ3n) is 6.23. The lowest BCUT2D eigenvalue weighted by Crippen LogP contribution is -2.43. The molecule has 0 aliphatic carbocycles. The van der Waals surface area contributed by atoms with E-state index in [1.807, 2.05) is 0 Å². The molecule has 12 nitrogen and oxygen atoms in total. The zero-order valence-electron chi connectivity index (χ0n) is 21.3. The third-order valence-corrected chi connectivity index (χ3v) is 6.23. The van der Waals surface area contributed by atoms with Gasteiger partial charge in [-0.25, -0.2) is 14.8 Å². The number of carbonyl (C=O) groups is 4. The highest BCUT2D eigenvalue weighted by Crippen LogP contribution is 2.29. The number of aromatic amines is 1. The fourth-order valence-electron chi connectivity index (χ4n) is 4.56. The molecule has 0 unspecified atom stereocenters. The topological polar surface area (TPSA) is 156 Å². The smallest absolute Gasteiger partial charge is 0.329 e. The highest BCUT2D eigenvalue weighted by molar-refractivity contribution is 6.11. The number of ether oxygens (including phenoxy) is 2. The van der Waals surface area contributed by atoms with Crippen molar-refractivity contribution in [3.05, 3.63) is 47.5 Å². The first-order chi connectivity index (χ1) is 18.1. The molecule has 2 aliphatic heterocycles. The molecule has 3 aromatic rings. The Hall–Kier alpha value is -4.48. The fourth-order valence-corrected chi connectivity index (χ4v) is 4.56. The molecule has 1 saturated heterocycles. The van der Waals surface area contributed by atoms with Crippen molar-refractivity contribution in [1.82, 2.24) is 25.2 Å². The average Bonchev–Trinajstić information content (AvgIpc) is 3.53. The summed E-state index contributed by atoms with van der Waals surface area (Å²) in [4.78, 5) is 63.5. The lowest BCUT2D eigenvalue weighted by Gasteiger charge is -2.27. The van der Waals surface area contributed by atoms with Crippen molar-refractivity contribution in [2.45, 2.75) is 51.8 Å². The van der Waals surface area contributed by atoms with E-state index in [4.69, 9.17) is 9.47 Å². The second-order valence-electron chi connectivity index (χ2n) is 10.2. The fraction of sp³-hybridized carbons (Fsp3) is 0.385. The van der Waals surface area contributed by atoms with Gasteiger partial charge in [0.1, 0.15) is 29.2 Å². The van der Waals surface area contributed by atoms with E-state index in [1.165, 1.54) is 17.4 Å². The molecule has 1 atom stereocenters. The zero-order valence-corrected chi connectivity index (χ0v) is 21.3. The molecule has 2 aliphatic rings. The van der Waals surface area contributed by atoms with Gasteiger partial charge < -0.3 is 30.0 Å². The molecule has 0 saturated carbocycles. The van der Waals surface area contributed by atoms with Crippen molar-refractivity contribution in [2.24, 2.45) is 0 Å². The molecule has 38 heavy (non-hydrogen) atoms. The highest BCUT2D eigenvalue weighted by atomic mass is 16.6. The molecule has 0 radical (unpaired) electrons. The normalized spacial score (nSPS) is 17.0. The van der Waals surface area contributed by atoms with Crippen molar-refractivity contribution >= 4 is 40.4 Å². The van der Waals surface area contributed by atoms with Gasteiger partial charge in [-0.15, -0.1) is 0 Å². The third kappa shape index (κ3) is 5.01. The molecule has 12 heteroatoms. The van der Waals surface area contributed by atoms with Crippen LogP contribution in [-0.2, 0) is 20.9 Å². The second kappa shape index (κ2) is 9.77. The number of hydrogen-bond donors (Lipinski definition) is 3. The molecule has 3 amide bonds. The Morgan fingerprint density at radius 1 is 1.24 bits per heavy atom. The van der Waals surface area contributed by atoms with Gasteiger partial charge in [0.15, 0.2) is 12.3 Å². The van der Waals surface area contributed by atoms with Crippen LogP contribution in [0.4, 0.5) is 5.69 Å². The number of hydrogen-bond acceptors (Lipinski definition) is 8. The average molecular weight is 521 g/mol. The summed E-state index contributed by atoms with van der Waals surface area (Å²) in [6.07, 6.45) is 3.90. The Labute approximate surface area is 218 Å². The van der Waals surface area contributed by atoms with Gasteiger partial charge in [-0.3, -0.25) is 14.4 Å². The summed E-state index contributed by atoms with van der Waals surface area (Å²) in [5.41, 5.74) is 1.55. The van der Waals surface area contributed by atoms with Crippen LogP contribution in [-0.4, -0.2) is 68.3 Å². The second-order valence-corrected chi connectivity index (χ2v) is 10.2. The summed E-state index contributed by atoms with van der Waals surface area (Å²) in [7, 11) is 0. The number of fused-ring (bicyclic) bond motifs is 2. The number of rotatable bonds is 5. The monoisotopic (exact) mass is 520 g/mol. The van der Waals surface area contributed by atoms with Gasteiger partial charge in [-0.1, -0.05) is 6.07 Å². The highest BCUT2D eigenvalue weighted by Gasteiger charge is 2.38. The van der Waals surface area contributed by atoms with Gasteiger partial charge in [0, 0.05) is 19.3 Å². The number of nitrogens with one attached hydrogen (secondary N) is 3. The maximum atomic E-state index is 13.4. The van der Waals surface area contributed by atoms with E-state index in [9.17, 15) is 19.2 Å². The van der Waals surface area contributed by atoms with E-state index in [0.29, 0.717) is 41.9 Å². The molecule has 1 fully saturated rings. The van der Waals surface area contributed by atoms with Crippen LogP contribution in [0.2, 0.25) is 0 Å². The minimum absolute atomic E-state index is 0.0349. The van der Waals surface area contributed by atoms with Crippen LogP contribution in [0.3, 0.4) is 0 Å². The first-order valence-electron chi connectivity index (χ1n) is 12.3. The molecular weight excluding hydrogens is 492 g/mol. The maximum absolute atomic E-state index is 13.4. The quantitative estimate of drug-likeness (QED) is 0.432. The van der Waals surface area contributed by atoms with E-state index in [0.717, 1.165) is 5.56 Å². The molecule has 0 spiro atoms. The van der Waals surface area contributed by atoms with Crippen molar-refractivity contribution in [2.75, 3.05) is 18.5 Å². The van der Waals surface area contributed by atoms with Crippen LogP contribution in [0.5, 0.6) is 5.75 Å². The Morgan fingerprint density at radius 2 is 2.05 bits per heavy atom. The Morgan fingerprint density at radius 3 is 2.84 bits per heavy atom. The molecule has 0 bridgehead atoms. The lowest BCUT2D eigenvalue weighted by molar-refractivity contribution is -0.159. The van der Waals surface area contributed by atoms with E-state index in [-0.39, 0.29) is 36.2 Å². The van der Waals surface area contributed by atoms with Crippen molar-refractivity contribution in [3.63, 3.8) is 0 Å². The van der Waals surface area contributed by atoms with Crippen LogP contribution in [0, 0.1) is 0 Å². The summed E-state index contributed by atoms with van der Waals surface area (Å²) >= 11 is 0. The first kappa shape index (κ1) is 25.2. The number of anilines is 1. The van der Waals surface area contributed by atoms with Crippen LogP contribution < -0.4 is 15.4 Å². The number of esters is 1. The molecule has 198 valence electrons. The summed E-state index contributed by atoms with van der Waals surface area (Å²) in [5.74, 6) is -0.957. The minimum Gasteiger partial charge on any atom is -0.482 e. The predicted molar refractivity (Wildman–Crippen MR) is 136 cm³/mol. The Bertz CT molecular complexity index is 1440. The number of benzene rings is 1. The number of nitrogens with zero attached hydrogens (tertiary/aromatic N) is 3. The van der Waals surface area contributed by atoms with Crippen LogP contribution in [0.25, 0.3) is 11.0 Å². The number of aromatic nitrogens is 3. The number of carbonyl (C=O) groups excluding carboxylic acids is 4. The Balaban J connectivity index is 1.32. The maximum Gasteiger partial charge on any atom is 0.329 e. The van der Waals surface area contributed by atoms with Gasteiger partial charge in [-0.05, 0) is 51.3 Å². The predicted octanol–water partition coefficient (Wildman–Crippen LogP) is 2.17. The van der Waals surface area contributed by atoms with Crippen molar-refractivity contribution < 1.29 is 28.7 Å². The van der Waals surface area contributed by atoms with Crippen molar-refractivity contribution in [3.8, 4) is 5.75 Å². The number of H-pyrrole nitrogens is 1. The van der Waals surface area contributed by atoms with E-state index >= 15 is 0 Å². The minimum atomic E-state index is -0.678. The molecule has 1 aromatic carbocycles. The number of amides is 3. The summed E-state index contributed by atoms with van der Waals surface area (Å²) in [6.45, 7) is 5.91. The van der Waals surface area contributed by atoms with Gasteiger partial charge >= 0.3 is 5.97 Å². The van der Waals surface area contributed by atoms with Crippen LogP contribution >= 0.6 is 0 Å². The summed E-state index contributed by atoms with van der Waals surface area (Å²) in [5, 5.41) is 5.54.